The quantitative estimate of drug-likeness (QED) is 0.544. The van der Waals surface area contributed by atoms with Gasteiger partial charge in [-0.1, -0.05) is 36.4 Å². The predicted molar refractivity (Wildman–Crippen MR) is 105 cm³/mol. The van der Waals surface area contributed by atoms with Gasteiger partial charge in [0.1, 0.15) is 17.4 Å². The molecule has 2 aromatic carbocycles. The third-order valence-electron chi connectivity index (χ3n) is 4.45. The van der Waals surface area contributed by atoms with Crippen molar-refractivity contribution in [1.82, 2.24) is 5.32 Å². The highest BCUT2D eigenvalue weighted by Crippen LogP contribution is 2.44. The smallest absolute Gasteiger partial charge is 0.318 e. The van der Waals surface area contributed by atoms with Gasteiger partial charge in [-0.05, 0) is 25.5 Å². The van der Waals surface area contributed by atoms with Crippen molar-refractivity contribution in [3.05, 3.63) is 59.7 Å². The second-order valence-corrected chi connectivity index (χ2v) is 6.48. The molecule has 152 valence electrons. The second kappa shape index (κ2) is 9.73. The second-order valence-electron chi connectivity index (χ2n) is 6.48. The molecule has 1 heterocycles. The zero-order valence-electron chi connectivity index (χ0n) is 16.2. The number of fused-ring (bicyclic) bond motifs is 2. The highest BCUT2D eigenvalue weighted by Gasteiger charge is 2.33. The Kier molecular flexibility index (Phi) is 6.84. The molecule has 0 unspecified atom stereocenters. The van der Waals surface area contributed by atoms with E-state index in [9.17, 15) is 14.4 Å². The van der Waals surface area contributed by atoms with E-state index in [4.69, 9.17) is 14.2 Å². The summed E-state index contributed by atoms with van der Waals surface area (Å²) in [4.78, 5) is 36.0. The highest BCUT2D eigenvalue weighted by molar-refractivity contribution is 5.87. The number of nitrogens with one attached hydrogen (secondary N) is 1. The molecular weight excluding hydrogens is 374 g/mol. The van der Waals surface area contributed by atoms with E-state index in [0.717, 1.165) is 0 Å². The minimum atomic E-state index is -0.659. The van der Waals surface area contributed by atoms with Crippen molar-refractivity contribution >= 4 is 17.8 Å². The fourth-order valence-corrected chi connectivity index (χ4v) is 3.13. The molecule has 0 spiro atoms. The lowest BCUT2D eigenvalue weighted by Crippen LogP contribution is -2.31. The Morgan fingerprint density at radius 3 is 2.21 bits per heavy atom. The topological polar surface area (TPSA) is 90.9 Å². The maximum Gasteiger partial charge on any atom is 0.318 e. The van der Waals surface area contributed by atoms with Crippen LogP contribution in [0.5, 0.6) is 11.5 Å². The van der Waals surface area contributed by atoms with Crippen molar-refractivity contribution in [1.29, 1.82) is 0 Å². The van der Waals surface area contributed by atoms with Gasteiger partial charge in [0.25, 0.3) is 5.91 Å². The van der Waals surface area contributed by atoms with E-state index in [1.807, 2.05) is 36.4 Å². The summed E-state index contributed by atoms with van der Waals surface area (Å²) in [7, 11) is 0. The van der Waals surface area contributed by atoms with Gasteiger partial charge in [-0.2, -0.15) is 0 Å². The van der Waals surface area contributed by atoms with Crippen molar-refractivity contribution in [2.24, 2.45) is 0 Å². The van der Waals surface area contributed by atoms with Crippen molar-refractivity contribution in [2.75, 3.05) is 19.8 Å². The Bertz CT molecular complexity index is 849. The van der Waals surface area contributed by atoms with Crippen LogP contribution in [0, 0.1) is 0 Å². The predicted octanol–water partition coefficient (Wildman–Crippen LogP) is 2.93. The van der Waals surface area contributed by atoms with Crippen LogP contribution in [0.1, 0.15) is 36.8 Å². The monoisotopic (exact) mass is 397 g/mol. The maximum atomic E-state index is 12.8. The summed E-state index contributed by atoms with van der Waals surface area (Å²) in [6.07, 6.45) is 0.683. The number of hydrogen-bond donors (Lipinski definition) is 1. The average molecular weight is 397 g/mol. The molecule has 0 atom stereocenters. The molecule has 0 saturated heterocycles. The Morgan fingerprint density at radius 1 is 0.966 bits per heavy atom. The fraction of sp³-hybridized carbons (Fsp3) is 0.318. The molecule has 0 radical (unpaired) electrons. The number of hydrogen-bond acceptors (Lipinski definition) is 6. The van der Waals surface area contributed by atoms with Gasteiger partial charge in [0.2, 0.25) is 0 Å². The molecule has 1 amide bonds. The van der Waals surface area contributed by atoms with Crippen molar-refractivity contribution < 1.29 is 28.6 Å². The summed E-state index contributed by atoms with van der Waals surface area (Å²) >= 11 is 0. The van der Waals surface area contributed by atoms with E-state index >= 15 is 0 Å². The number of ether oxygens (including phenoxy) is 3. The van der Waals surface area contributed by atoms with E-state index in [2.05, 4.69) is 5.32 Å². The number of carbonyl (C=O) groups excluding carboxylic acids is 3. The summed E-state index contributed by atoms with van der Waals surface area (Å²) in [5, 5.41) is 2.63. The molecule has 0 bridgehead atoms. The molecule has 7 heteroatoms. The summed E-state index contributed by atoms with van der Waals surface area (Å²) in [6, 6.07) is 14.5. The van der Waals surface area contributed by atoms with Gasteiger partial charge in [-0.3, -0.25) is 14.4 Å². The number of rotatable bonds is 8. The van der Waals surface area contributed by atoms with Gasteiger partial charge in [0.15, 0.2) is 6.61 Å². The third kappa shape index (κ3) is 5.13. The number of esters is 2. The van der Waals surface area contributed by atoms with Crippen LogP contribution in [0.2, 0.25) is 0 Å². The van der Waals surface area contributed by atoms with Crippen LogP contribution in [0.3, 0.4) is 0 Å². The molecule has 0 saturated carbocycles. The summed E-state index contributed by atoms with van der Waals surface area (Å²) < 4.78 is 16.0. The lowest BCUT2D eigenvalue weighted by atomic mass is 9.88. The van der Waals surface area contributed by atoms with Crippen molar-refractivity contribution in [3.8, 4) is 11.5 Å². The molecule has 3 rings (SSSR count). The van der Waals surface area contributed by atoms with E-state index < -0.39 is 17.8 Å². The molecule has 1 N–H and O–H groups in total. The van der Waals surface area contributed by atoms with Crippen LogP contribution in [-0.4, -0.2) is 37.6 Å². The first-order valence-electron chi connectivity index (χ1n) is 9.54. The molecule has 0 aromatic heterocycles. The SMILES string of the molecule is CCOC(=O)CCCNC(=O)COC(=O)C1c2ccccc2Oc2ccccc21. The van der Waals surface area contributed by atoms with E-state index in [-0.39, 0.29) is 19.0 Å². The van der Waals surface area contributed by atoms with E-state index in [0.29, 0.717) is 42.2 Å². The Hall–Kier alpha value is -3.35. The summed E-state index contributed by atoms with van der Waals surface area (Å²) in [5.41, 5.74) is 1.40. The standard InChI is InChI=1S/C22H23NO6/c1-2-27-20(25)12-7-13-23-19(24)14-28-22(26)21-15-8-3-5-10-17(15)29-18-11-6-4-9-16(18)21/h3-6,8-11,21H,2,7,12-14H2,1H3,(H,23,24). The van der Waals surface area contributed by atoms with E-state index in [1.54, 1.807) is 19.1 Å². The van der Waals surface area contributed by atoms with Gasteiger partial charge in [-0.15, -0.1) is 0 Å². The van der Waals surface area contributed by atoms with Crippen LogP contribution in [0.4, 0.5) is 0 Å². The number of benzene rings is 2. The van der Waals surface area contributed by atoms with Gasteiger partial charge in [0, 0.05) is 24.1 Å². The Morgan fingerprint density at radius 2 is 1.59 bits per heavy atom. The van der Waals surface area contributed by atoms with Gasteiger partial charge < -0.3 is 19.5 Å². The van der Waals surface area contributed by atoms with Crippen LogP contribution in [0.15, 0.2) is 48.5 Å². The molecule has 2 aromatic rings. The third-order valence-corrected chi connectivity index (χ3v) is 4.45. The minimum Gasteiger partial charge on any atom is -0.466 e. The molecular formula is C22H23NO6. The summed E-state index contributed by atoms with van der Waals surface area (Å²) in [6.45, 7) is 1.99. The lowest BCUT2D eigenvalue weighted by Gasteiger charge is -2.26. The lowest BCUT2D eigenvalue weighted by molar-refractivity contribution is -0.149. The Balaban J connectivity index is 1.56. The normalized spacial score (nSPS) is 12.2. The maximum absolute atomic E-state index is 12.8. The van der Waals surface area contributed by atoms with Crippen LogP contribution >= 0.6 is 0 Å². The van der Waals surface area contributed by atoms with Crippen LogP contribution in [0.25, 0.3) is 0 Å². The average Bonchev–Trinajstić information content (AvgIpc) is 2.73. The number of carbonyl (C=O) groups is 3. The first-order valence-corrected chi connectivity index (χ1v) is 9.54. The fourth-order valence-electron chi connectivity index (χ4n) is 3.13. The van der Waals surface area contributed by atoms with Gasteiger partial charge >= 0.3 is 11.9 Å². The zero-order valence-corrected chi connectivity index (χ0v) is 16.2. The highest BCUT2D eigenvalue weighted by atomic mass is 16.5. The Labute approximate surface area is 169 Å². The van der Waals surface area contributed by atoms with Crippen LogP contribution in [-0.2, 0) is 23.9 Å². The number of para-hydroxylation sites is 2. The molecule has 1 aliphatic rings. The van der Waals surface area contributed by atoms with Gasteiger partial charge in [-0.25, -0.2) is 0 Å². The largest absolute Gasteiger partial charge is 0.466 e. The summed E-state index contributed by atoms with van der Waals surface area (Å²) in [5.74, 6) is -0.711. The van der Waals surface area contributed by atoms with Gasteiger partial charge in [0.05, 0.1) is 6.61 Å². The zero-order chi connectivity index (χ0) is 20.6. The molecule has 7 nitrogen and oxygen atoms in total. The van der Waals surface area contributed by atoms with Crippen LogP contribution < -0.4 is 10.1 Å². The number of amides is 1. The van der Waals surface area contributed by atoms with Crippen molar-refractivity contribution in [2.45, 2.75) is 25.7 Å². The van der Waals surface area contributed by atoms with E-state index in [1.165, 1.54) is 0 Å². The van der Waals surface area contributed by atoms with Crippen molar-refractivity contribution in [3.63, 3.8) is 0 Å². The first kappa shape index (κ1) is 20.4. The molecule has 0 fully saturated rings. The molecule has 29 heavy (non-hydrogen) atoms. The molecule has 1 aliphatic heterocycles. The minimum absolute atomic E-state index is 0.226. The molecule has 0 aliphatic carbocycles. The first-order chi connectivity index (χ1) is 14.1.